The molecule has 0 aliphatic rings. The third-order valence-electron chi connectivity index (χ3n) is 2.52. The quantitative estimate of drug-likeness (QED) is 0.822. The van der Waals surface area contributed by atoms with E-state index in [1.165, 1.54) is 0 Å². The van der Waals surface area contributed by atoms with Crippen molar-refractivity contribution < 1.29 is 0 Å². The summed E-state index contributed by atoms with van der Waals surface area (Å²) < 4.78 is 1.07. The zero-order valence-electron chi connectivity index (χ0n) is 9.86. The van der Waals surface area contributed by atoms with Crippen LogP contribution in [-0.2, 0) is 0 Å². The van der Waals surface area contributed by atoms with E-state index in [-0.39, 0.29) is 6.04 Å². The van der Waals surface area contributed by atoms with Gasteiger partial charge in [-0.25, -0.2) is 0 Å². The number of hydrogen-bond donors (Lipinski definition) is 1. The normalized spacial score (nSPS) is 12.4. The van der Waals surface area contributed by atoms with Crippen molar-refractivity contribution in [1.29, 1.82) is 0 Å². The van der Waals surface area contributed by atoms with Crippen molar-refractivity contribution in [3.05, 3.63) is 57.5 Å². The maximum absolute atomic E-state index is 6.27. The largest absolute Gasteiger partial charge is 0.324 e. The van der Waals surface area contributed by atoms with Crippen LogP contribution in [0.4, 0.5) is 0 Å². The molecule has 0 saturated carbocycles. The number of benzene rings is 2. The predicted molar refractivity (Wildman–Crippen MR) is 82.3 cm³/mol. The van der Waals surface area contributed by atoms with Gasteiger partial charge in [-0.1, -0.05) is 45.4 Å². The van der Waals surface area contributed by atoms with Crippen molar-refractivity contribution in [2.24, 2.45) is 5.73 Å². The van der Waals surface area contributed by atoms with Gasteiger partial charge in [-0.15, -0.1) is 0 Å². The third kappa shape index (κ3) is 3.51. The smallest absolute Gasteiger partial charge is 0.0548 e. The summed E-state index contributed by atoms with van der Waals surface area (Å²) >= 11 is 11.3. The second kappa shape index (κ2) is 6.11. The van der Waals surface area contributed by atoms with E-state index in [1.807, 2.05) is 37.3 Å². The Morgan fingerprint density at radius 3 is 2.39 bits per heavy atom. The lowest BCUT2D eigenvalue weighted by atomic mass is 10.1. The summed E-state index contributed by atoms with van der Waals surface area (Å²) in [5, 5.41) is 0.748. The summed E-state index contributed by atoms with van der Waals surface area (Å²) in [4.78, 5) is 2.21. The first-order valence-corrected chi connectivity index (χ1v) is 7.53. The van der Waals surface area contributed by atoms with Crippen LogP contribution >= 0.6 is 39.3 Å². The van der Waals surface area contributed by atoms with E-state index in [0.29, 0.717) is 0 Å². The summed E-state index contributed by atoms with van der Waals surface area (Å²) in [5.74, 6) is 0. The molecule has 94 valence electrons. The molecule has 0 amide bonds. The van der Waals surface area contributed by atoms with E-state index in [0.717, 1.165) is 24.8 Å². The van der Waals surface area contributed by atoms with Crippen LogP contribution < -0.4 is 5.73 Å². The summed E-state index contributed by atoms with van der Waals surface area (Å²) in [6.07, 6.45) is 0. The molecule has 2 aromatic rings. The monoisotopic (exact) mass is 341 g/mol. The fourth-order valence-electron chi connectivity index (χ4n) is 1.51. The molecule has 0 fully saturated rings. The fraction of sp³-hybridized carbons (Fsp3) is 0.143. The Morgan fingerprint density at radius 1 is 1.17 bits per heavy atom. The maximum atomic E-state index is 6.27. The first-order chi connectivity index (χ1) is 8.56. The molecule has 0 aliphatic heterocycles. The zero-order valence-corrected chi connectivity index (χ0v) is 13.0. The van der Waals surface area contributed by atoms with Crippen molar-refractivity contribution in [3.8, 4) is 0 Å². The lowest BCUT2D eigenvalue weighted by Crippen LogP contribution is -2.04. The van der Waals surface area contributed by atoms with Crippen LogP contribution in [0.1, 0.15) is 18.5 Å². The number of halogens is 2. The molecule has 2 rings (SSSR count). The Balaban J connectivity index is 2.22. The topological polar surface area (TPSA) is 26.0 Å². The van der Waals surface area contributed by atoms with Crippen LogP contribution in [0.5, 0.6) is 0 Å². The molecule has 0 aromatic heterocycles. The molecule has 1 atom stereocenters. The molecule has 0 spiro atoms. The number of hydrogen-bond acceptors (Lipinski definition) is 2. The van der Waals surface area contributed by atoms with Crippen LogP contribution in [-0.4, -0.2) is 0 Å². The van der Waals surface area contributed by atoms with Crippen molar-refractivity contribution in [2.45, 2.75) is 22.8 Å². The molecule has 0 saturated heterocycles. The molecule has 0 radical (unpaired) electrons. The van der Waals surface area contributed by atoms with Gasteiger partial charge >= 0.3 is 0 Å². The van der Waals surface area contributed by atoms with Crippen molar-refractivity contribution >= 4 is 39.3 Å². The minimum absolute atomic E-state index is 0.00855. The zero-order chi connectivity index (χ0) is 13.1. The fourth-order valence-corrected chi connectivity index (χ4v) is 2.90. The van der Waals surface area contributed by atoms with Gasteiger partial charge in [-0.05, 0) is 48.9 Å². The first kappa shape index (κ1) is 13.9. The second-order valence-corrected chi connectivity index (χ2v) is 6.47. The van der Waals surface area contributed by atoms with Crippen LogP contribution in [0.15, 0.2) is 56.7 Å². The first-order valence-electron chi connectivity index (χ1n) is 5.54. The molecule has 1 unspecified atom stereocenters. The van der Waals surface area contributed by atoms with Crippen LogP contribution in [0.2, 0.25) is 5.02 Å². The van der Waals surface area contributed by atoms with Gasteiger partial charge in [0.15, 0.2) is 0 Å². The van der Waals surface area contributed by atoms with Gasteiger partial charge in [0, 0.05) is 20.3 Å². The third-order valence-corrected chi connectivity index (χ3v) is 4.56. The Hall–Kier alpha value is -0.480. The maximum Gasteiger partial charge on any atom is 0.0548 e. The molecule has 0 heterocycles. The van der Waals surface area contributed by atoms with Crippen molar-refractivity contribution in [3.63, 3.8) is 0 Å². The van der Waals surface area contributed by atoms with Gasteiger partial charge in [-0.2, -0.15) is 0 Å². The molecule has 1 nitrogen and oxygen atoms in total. The molecule has 2 N–H and O–H groups in total. The van der Waals surface area contributed by atoms with E-state index in [4.69, 9.17) is 17.3 Å². The minimum Gasteiger partial charge on any atom is -0.324 e. The van der Waals surface area contributed by atoms with Gasteiger partial charge in [0.05, 0.1) is 5.02 Å². The van der Waals surface area contributed by atoms with Crippen LogP contribution in [0.3, 0.4) is 0 Å². The lowest BCUT2D eigenvalue weighted by molar-refractivity contribution is 0.817. The standard InChI is InChI=1S/C14H13BrClNS/c1-9(17)10-2-7-14(13(16)8-10)18-12-5-3-11(15)4-6-12/h2-9H,17H2,1H3. The average molecular weight is 343 g/mol. The molecule has 18 heavy (non-hydrogen) atoms. The summed E-state index contributed by atoms with van der Waals surface area (Å²) in [7, 11) is 0. The highest BCUT2D eigenvalue weighted by Crippen LogP contribution is 2.34. The Kier molecular flexibility index (Phi) is 4.73. The van der Waals surface area contributed by atoms with Gasteiger partial charge < -0.3 is 5.73 Å². The Morgan fingerprint density at radius 2 is 1.83 bits per heavy atom. The molecular weight excluding hydrogens is 330 g/mol. The molecule has 0 bridgehead atoms. The molecule has 4 heteroatoms. The highest BCUT2D eigenvalue weighted by molar-refractivity contribution is 9.10. The van der Waals surface area contributed by atoms with E-state index >= 15 is 0 Å². The van der Waals surface area contributed by atoms with E-state index in [9.17, 15) is 0 Å². The summed E-state index contributed by atoms with van der Waals surface area (Å²) in [6.45, 7) is 1.95. The Labute approximate surface area is 125 Å². The minimum atomic E-state index is 0.00855. The number of rotatable bonds is 3. The van der Waals surface area contributed by atoms with Gasteiger partial charge in [0.1, 0.15) is 0 Å². The van der Waals surface area contributed by atoms with Crippen LogP contribution in [0, 0.1) is 0 Å². The van der Waals surface area contributed by atoms with E-state index in [2.05, 4.69) is 28.1 Å². The highest BCUT2D eigenvalue weighted by Gasteiger charge is 2.06. The van der Waals surface area contributed by atoms with E-state index in [1.54, 1.807) is 11.8 Å². The number of nitrogens with two attached hydrogens (primary N) is 1. The van der Waals surface area contributed by atoms with Gasteiger partial charge in [0.2, 0.25) is 0 Å². The van der Waals surface area contributed by atoms with Gasteiger partial charge in [0.25, 0.3) is 0 Å². The van der Waals surface area contributed by atoms with Crippen LogP contribution in [0.25, 0.3) is 0 Å². The molecule has 2 aromatic carbocycles. The Bertz CT molecular complexity index is 540. The average Bonchev–Trinajstić information content (AvgIpc) is 2.34. The molecule has 0 aliphatic carbocycles. The second-order valence-electron chi connectivity index (χ2n) is 4.03. The van der Waals surface area contributed by atoms with Crippen molar-refractivity contribution in [1.82, 2.24) is 0 Å². The van der Waals surface area contributed by atoms with E-state index < -0.39 is 0 Å². The van der Waals surface area contributed by atoms with Crippen molar-refractivity contribution in [2.75, 3.05) is 0 Å². The van der Waals surface area contributed by atoms with Gasteiger partial charge in [-0.3, -0.25) is 0 Å². The SMILES string of the molecule is CC(N)c1ccc(Sc2ccc(Br)cc2)c(Cl)c1. The lowest BCUT2D eigenvalue weighted by Gasteiger charge is -2.09. The summed E-state index contributed by atoms with van der Waals surface area (Å²) in [6, 6.07) is 14.2. The predicted octanol–water partition coefficient (Wildman–Crippen LogP) is 5.27. The molecular formula is C14H13BrClNS. The summed E-state index contributed by atoms with van der Waals surface area (Å²) in [5.41, 5.74) is 6.89. The highest BCUT2D eigenvalue weighted by atomic mass is 79.9.